The number of benzene rings is 1. The van der Waals surface area contributed by atoms with Gasteiger partial charge in [-0.2, -0.15) is 15.6 Å². The third-order valence-electron chi connectivity index (χ3n) is 1.69. The lowest BCUT2D eigenvalue weighted by Gasteiger charge is -2.06. The maximum absolute atomic E-state index is 8.53. The topological polar surface area (TPSA) is 72.0 Å². The Hall–Kier alpha value is -1.98. The second kappa shape index (κ2) is 6.49. The molecule has 1 aromatic carbocycles. The second-order valence-electron chi connectivity index (χ2n) is 2.72. The lowest BCUT2D eigenvalue weighted by Crippen LogP contribution is -1.97. The van der Waals surface area contributed by atoms with Crippen LogP contribution in [0.4, 0.5) is 5.69 Å². The Morgan fingerprint density at radius 1 is 1.38 bits per heavy atom. The van der Waals surface area contributed by atoms with Crippen molar-refractivity contribution in [3.63, 3.8) is 0 Å². The summed E-state index contributed by atoms with van der Waals surface area (Å²) in [4.78, 5) is 1.05. The van der Waals surface area contributed by atoms with Gasteiger partial charge in [0.05, 0.1) is 5.69 Å². The average molecular weight is 230 g/mol. The highest BCUT2D eigenvalue weighted by molar-refractivity contribution is 7.99. The molecule has 0 atom stereocenters. The van der Waals surface area contributed by atoms with Gasteiger partial charge in [0.2, 0.25) is 5.71 Å². The van der Waals surface area contributed by atoms with Gasteiger partial charge in [0.1, 0.15) is 12.1 Å². The van der Waals surface area contributed by atoms with Gasteiger partial charge in [0.25, 0.3) is 0 Å². The molecule has 0 heterocycles. The summed E-state index contributed by atoms with van der Waals surface area (Å²) in [6.07, 6.45) is 0. The Labute approximate surface area is 98.6 Å². The number of anilines is 1. The van der Waals surface area contributed by atoms with E-state index in [1.54, 1.807) is 23.9 Å². The molecule has 0 aliphatic heterocycles. The van der Waals surface area contributed by atoms with Crippen LogP contribution in [0.1, 0.15) is 6.92 Å². The highest BCUT2D eigenvalue weighted by atomic mass is 32.2. The zero-order valence-electron chi connectivity index (χ0n) is 8.77. The summed E-state index contributed by atoms with van der Waals surface area (Å²) in [6.45, 7) is 2.06. The lowest BCUT2D eigenvalue weighted by atomic mass is 10.3. The van der Waals surface area contributed by atoms with Crippen molar-refractivity contribution in [3.05, 3.63) is 24.3 Å². The van der Waals surface area contributed by atoms with Gasteiger partial charge in [-0.3, -0.25) is 5.43 Å². The van der Waals surface area contributed by atoms with Gasteiger partial charge in [-0.25, -0.2) is 0 Å². The number of hydrogen-bond donors (Lipinski definition) is 1. The summed E-state index contributed by atoms with van der Waals surface area (Å²) in [6, 6.07) is 11.0. The van der Waals surface area contributed by atoms with Crippen molar-refractivity contribution in [2.24, 2.45) is 5.10 Å². The fourth-order valence-electron chi connectivity index (χ4n) is 1.03. The summed E-state index contributed by atoms with van der Waals surface area (Å²) < 4.78 is 0. The van der Waals surface area contributed by atoms with Gasteiger partial charge >= 0.3 is 0 Å². The van der Waals surface area contributed by atoms with E-state index in [0.29, 0.717) is 0 Å². The molecule has 80 valence electrons. The second-order valence-corrected chi connectivity index (χ2v) is 4.03. The van der Waals surface area contributed by atoms with Crippen molar-refractivity contribution in [3.8, 4) is 12.1 Å². The van der Waals surface area contributed by atoms with Crippen LogP contribution < -0.4 is 5.43 Å². The number of nitrogens with zero attached hydrogens (tertiary/aromatic N) is 3. The molecule has 0 aliphatic rings. The molecular formula is C11H10N4S. The summed E-state index contributed by atoms with van der Waals surface area (Å²) in [5, 5.41) is 20.8. The number of nitriles is 2. The van der Waals surface area contributed by atoms with E-state index in [-0.39, 0.29) is 5.71 Å². The number of hydrogen-bond acceptors (Lipinski definition) is 5. The molecule has 0 saturated carbocycles. The number of thioether (sulfide) groups is 1. The van der Waals surface area contributed by atoms with Crippen molar-refractivity contribution < 1.29 is 0 Å². The first kappa shape index (κ1) is 12.1. The van der Waals surface area contributed by atoms with Crippen molar-refractivity contribution in [2.75, 3.05) is 11.2 Å². The molecule has 0 radical (unpaired) electrons. The minimum absolute atomic E-state index is 0.184. The zero-order chi connectivity index (χ0) is 11.8. The third kappa shape index (κ3) is 3.30. The SMILES string of the molecule is CCSc1ccccc1NN=C(C#N)C#N. The van der Waals surface area contributed by atoms with Crippen LogP contribution in [-0.4, -0.2) is 11.5 Å². The third-order valence-corrected chi connectivity index (χ3v) is 2.64. The fraction of sp³-hybridized carbons (Fsp3) is 0.182. The van der Waals surface area contributed by atoms with Gasteiger partial charge in [0.15, 0.2) is 0 Å². The Morgan fingerprint density at radius 2 is 2.06 bits per heavy atom. The molecule has 1 rings (SSSR count). The number of para-hydroxylation sites is 1. The number of nitrogens with one attached hydrogen (secondary N) is 1. The van der Waals surface area contributed by atoms with Crippen LogP contribution in [0.25, 0.3) is 0 Å². The van der Waals surface area contributed by atoms with Crippen molar-refractivity contribution >= 4 is 23.2 Å². The minimum Gasteiger partial charge on any atom is -0.275 e. The normalized spacial score (nSPS) is 8.69. The summed E-state index contributed by atoms with van der Waals surface area (Å²) in [5.74, 6) is 0.950. The molecule has 5 heteroatoms. The van der Waals surface area contributed by atoms with Gasteiger partial charge in [-0.05, 0) is 17.9 Å². The molecule has 0 unspecified atom stereocenters. The van der Waals surface area contributed by atoms with Crippen molar-refractivity contribution in [2.45, 2.75) is 11.8 Å². The first-order valence-electron chi connectivity index (χ1n) is 4.67. The molecule has 0 amide bonds. The highest BCUT2D eigenvalue weighted by Crippen LogP contribution is 2.26. The summed E-state index contributed by atoms with van der Waals surface area (Å²) in [5.41, 5.74) is 3.34. The quantitative estimate of drug-likeness (QED) is 0.490. The van der Waals surface area contributed by atoms with Crippen LogP contribution in [0.15, 0.2) is 34.3 Å². The van der Waals surface area contributed by atoms with Gasteiger partial charge in [-0.1, -0.05) is 19.1 Å². The summed E-state index contributed by atoms with van der Waals surface area (Å²) >= 11 is 1.67. The molecule has 0 saturated heterocycles. The molecule has 0 spiro atoms. The highest BCUT2D eigenvalue weighted by Gasteiger charge is 2.00. The predicted molar refractivity (Wildman–Crippen MR) is 65.1 cm³/mol. The van der Waals surface area contributed by atoms with Gasteiger partial charge in [0, 0.05) is 4.90 Å². The Morgan fingerprint density at radius 3 is 2.69 bits per heavy atom. The lowest BCUT2D eigenvalue weighted by molar-refractivity contribution is 1.28. The van der Waals surface area contributed by atoms with E-state index in [4.69, 9.17) is 10.5 Å². The van der Waals surface area contributed by atoms with E-state index in [1.807, 2.05) is 24.3 Å². The van der Waals surface area contributed by atoms with Crippen molar-refractivity contribution in [1.82, 2.24) is 0 Å². The maximum Gasteiger partial charge on any atom is 0.237 e. The van der Waals surface area contributed by atoms with Gasteiger partial charge in [-0.15, -0.1) is 11.8 Å². The molecule has 1 N–H and O–H groups in total. The predicted octanol–water partition coefficient (Wildman–Crippen LogP) is 2.61. The monoisotopic (exact) mass is 230 g/mol. The van der Waals surface area contributed by atoms with E-state index in [9.17, 15) is 0 Å². The minimum atomic E-state index is -0.184. The van der Waals surface area contributed by atoms with E-state index in [1.165, 1.54) is 0 Å². The fourth-order valence-corrected chi connectivity index (χ4v) is 1.79. The van der Waals surface area contributed by atoms with E-state index < -0.39 is 0 Å². The molecule has 0 bridgehead atoms. The van der Waals surface area contributed by atoms with E-state index >= 15 is 0 Å². The molecule has 0 aliphatic carbocycles. The Kier molecular flexibility index (Phi) is 4.91. The Balaban J connectivity index is 2.86. The molecule has 16 heavy (non-hydrogen) atoms. The van der Waals surface area contributed by atoms with Crippen molar-refractivity contribution in [1.29, 1.82) is 10.5 Å². The van der Waals surface area contributed by atoms with Crippen LogP contribution in [0.3, 0.4) is 0 Å². The molecule has 1 aromatic rings. The van der Waals surface area contributed by atoms with Crippen LogP contribution >= 0.6 is 11.8 Å². The average Bonchev–Trinajstić information content (AvgIpc) is 2.33. The van der Waals surface area contributed by atoms with E-state index in [2.05, 4.69) is 17.5 Å². The first-order valence-corrected chi connectivity index (χ1v) is 5.66. The maximum atomic E-state index is 8.53. The van der Waals surface area contributed by atoms with E-state index in [0.717, 1.165) is 16.3 Å². The van der Waals surface area contributed by atoms with Crippen LogP contribution in [0.5, 0.6) is 0 Å². The van der Waals surface area contributed by atoms with Crippen LogP contribution in [0, 0.1) is 22.7 Å². The van der Waals surface area contributed by atoms with Crippen LogP contribution in [0.2, 0.25) is 0 Å². The Bertz CT molecular complexity index is 452. The zero-order valence-corrected chi connectivity index (χ0v) is 9.58. The molecule has 4 nitrogen and oxygen atoms in total. The number of rotatable bonds is 4. The number of hydrazone groups is 1. The largest absolute Gasteiger partial charge is 0.275 e. The van der Waals surface area contributed by atoms with Gasteiger partial charge < -0.3 is 0 Å². The molecule has 0 aromatic heterocycles. The first-order chi connectivity index (χ1) is 7.81. The van der Waals surface area contributed by atoms with Crippen LogP contribution in [-0.2, 0) is 0 Å². The molecule has 0 fully saturated rings. The smallest absolute Gasteiger partial charge is 0.237 e. The summed E-state index contributed by atoms with van der Waals surface area (Å²) in [7, 11) is 0. The molecular weight excluding hydrogens is 220 g/mol. The standard InChI is InChI=1S/C11H10N4S/c1-2-16-11-6-4-3-5-10(11)15-14-9(7-12)8-13/h3-6,15H,2H2,1H3.